The summed E-state index contributed by atoms with van der Waals surface area (Å²) in [5.41, 5.74) is 6.14. The molecule has 2 heterocycles. The number of thioether (sulfide) groups is 1. The van der Waals surface area contributed by atoms with Crippen LogP contribution >= 0.6 is 11.8 Å². The zero-order valence-corrected chi connectivity index (χ0v) is 11.5. The van der Waals surface area contributed by atoms with Gasteiger partial charge >= 0.3 is 0 Å². The topological polar surface area (TPSA) is 42.4 Å². The van der Waals surface area contributed by atoms with Crippen LogP contribution in [0.15, 0.2) is 22.8 Å². The molecule has 1 aliphatic heterocycles. The summed E-state index contributed by atoms with van der Waals surface area (Å²) in [6.07, 6.45) is 2.96. The first kappa shape index (κ1) is 13.0. The maximum Gasteiger partial charge on any atom is 0.122 e. The lowest BCUT2D eigenvalue weighted by atomic mass is 10.1. The largest absolute Gasteiger partial charge is 0.468 e. The lowest BCUT2D eigenvalue weighted by Gasteiger charge is -2.38. The Kier molecular flexibility index (Phi) is 4.54. The second kappa shape index (κ2) is 5.94. The molecule has 1 aliphatic rings. The number of nitrogens with two attached hydrogens (primary N) is 1. The zero-order valence-electron chi connectivity index (χ0n) is 10.6. The lowest BCUT2D eigenvalue weighted by Crippen LogP contribution is -2.45. The average Bonchev–Trinajstić information content (AvgIpc) is 2.83. The van der Waals surface area contributed by atoms with Crippen LogP contribution in [0.5, 0.6) is 0 Å². The Morgan fingerprint density at radius 3 is 3.06 bits per heavy atom. The van der Waals surface area contributed by atoms with Crippen molar-refractivity contribution in [2.75, 3.05) is 18.8 Å². The summed E-state index contributed by atoms with van der Waals surface area (Å²) in [4.78, 5) is 2.48. The molecular formula is C13H22N2OS. The van der Waals surface area contributed by atoms with Gasteiger partial charge in [-0.3, -0.25) is 4.90 Å². The molecule has 1 saturated heterocycles. The van der Waals surface area contributed by atoms with E-state index in [1.54, 1.807) is 6.26 Å². The number of hydrogen-bond donors (Lipinski definition) is 1. The molecule has 0 spiro atoms. The molecule has 3 unspecified atom stereocenters. The van der Waals surface area contributed by atoms with Crippen molar-refractivity contribution in [1.29, 1.82) is 0 Å². The predicted octanol–water partition coefficient (Wildman–Crippen LogP) is 2.50. The Labute approximate surface area is 108 Å². The van der Waals surface area contributed by atoms with Gasteiger partial charge in [-0.15, -0.1) is 0 Å². The van der Waals surface area contributed by atoms with Crippen molar-refractivity contribution >= 4 is 11.8 Å². The first-order valence-corrected chi connectivity index (χ1v) is 7.42. The van der Waals surface area contributed by atoms with Gasteiger partial charge in [-0.25, -0.2) is 0 Å². The third-order valence-corrected chi connectivity index (χ3v) is 4.72. The third-order valence-electron chi connectivity index (χ3n) is 3.35. The van der Waals surface area contributed by atoms with Crippen LogP contribution in [0, 0.1) is 0 Å². The number of rotatable bonds is 4. The maximum atomic E-state index is 6.14. The van der Waals surface area contributed by atoms with Crippen LogP contribution in [0.2, 0.25) is 0 Å². The average molecular weight is 254 g/mol. The van der Waals surface area contributed by atoms with E-state index in [-0.39, 0.29) is 12.1 Å². The van der Waals surface area contributed by atoms with Crippen molar-refractivity contribution in [3.05, 3.63) is 24.2 Å². The zero-order chi connectivity index (χ0) is 12.3. The molecule has 2 N–H and O–H groups in total. The van der Waals surface area contributed by atoms with Crippen molar-refractivity contribution in [2.45, 2.75) is 37.6 Å². The molecule has 4 heteroatoms. The summed E-state index contributed by atoms with van der Waals surface area (Å²) in [6, 6.07) is 4.30. The second-order valence-corrected chi connectivity index (χ2v) is 6.12. The van der Waals surface area contributed by atoms with E-state index in [4.69, 9.17) is 10.2 Å². The van der Waals surface area contributed by atoms with Crippen molar-refractivity contribution in [1.82, 2.24) is 4.90 Å². The Morgan fingerprint density at radius 1 is 1.65 bits per heavy atom. The van der Waals surface area contributed by atoms with E-state index in [2.05, 4.69) is 30.5 Å². The molecule has 1 fully saturated rings. The van der Waals surface area contributed by atoms with Crippen LogP contribution in [0.4, 0.5) is 0 Å². The fourth-order valence-electron chi connectivity index (χ4n) is 2.47. The molecule has 1 aromatic heterocycles. The summed E-state index contributed by atoms with van der Waals surface area (Å²) < 4.78 is 5.55. The van der Waals surface area contributed by atoms with Crippen molar-refractivity contribution in [3.8, 4) is 0 Å². The van der Waals surface area contributed by atoms with Gasteiger partial charge in [0, 0.05) is 30.1 Å². The minimum Gasteiger partial charge on any atom is -0.468 e. The Bertz CT molecular complexity index is 326. The summed E-state index contributed by atoms with van der Waals surface area (Å²) in [5, 5.41) is 0.736. The van der Waals surface area contributed by atoms with Gasteiger partial charge < -0.3 is 10.2 Å². The molecule has 3 nitrogen and oxygen atoms in total. The molecule has 0 bridgehead atoms. The number of hydrogen-bond acceptors (Lipinski definition) is 4. The molecule has 0 aromatic carbocycles. The van der Waals surface area contributed by atoms with E-state index in [0.717, 1.165) is 24.1 Å². The molecule has 17 heavy (non-hydrogen) atoms. The molecule has 1 aromatic rings. The highest BCUT2D eigenvalue weighted by atomic mass is 32.2. The lowest BCUT2D eigenvalue weighted by molar-refractivity contribution is 0.159. The minimum absolute atomic E-state index is 0.0988. The van der Waals surface area contributed by atoms with Gasteiger partial charge in [0.15, 0.2) is 0 Å². The predicted molar refractivity (Wildman–Crippen MR) is 73.2 cm³/mol. The van der Waals surface area contributed by atoms with Crippen molar-refractivity contribution in [2.24, 2.45) is 5.73 Å². The molecular weight excluding hydrogens is 232 g/mol. The van der Waals surface area contributed by atoms with Crippen LogP contribution < -0.4 is 5.73 Å². The summed E-state index contributed by atoms with van der Waals surface area (Å²) >= 11 is 2.08. The van der Waals surface area contributed by atoms with Crippen molar-refractivity contribution < 1.29 is 4.42 Å². The Hall–Kier alpha value is -0.450. The molecule has 2 rings (SSSR count). The van der Waals surface area contributed by atoms with Crippen LogP contribution in [0.3, 0.4) is 0 Å². The van der Waals surface area contributed by atoms with Gasteiger partial charge in [0.25, 0.3) is 0 Å². The monoisotopic (exact) mass is 254 g/mol. The third kappa shape index (κ3) is 3.06. The molecule has 0 amide bonds. The SMILES string of the molecule is CCC1CN(C(c2ccco2)C(C)N)CCS1. The van der Waals surface area contributed by atoms with Gasteiger partial charge in [-0.2, -0.15) is 11.8 Å². The van der Waals surface area contributed by atoms with Crippen molar-refractivity contribution in [3.63, 3.8) is 0 Å². The first-order valence-electron chi connectivity index (χ1n) is 6.37. The number of furan rings is 1. The van der Waals surface area contributed by atoms with Gasteiger partial charge in [-0.05, 0) is 25.5 Å². The van der Waals surface area contributed by atoms with Gasteiger partial charge in [-0.1, -0.05) is 6.92 Å². The highest BCUT2D eigenvalue weighted by Crippen LogP contribution is 2.30. The van der Waals surface area contributed by atoms with E-state index in [1.807, 2.05) is 12.1 Å². The Morgan fingerprint density at radius 2 is 2.47 bits per heavy atom. The summed E-state index contributed by atoms with van der Waals surface area (Å²) in [7, 11) is 0. The molecule has 0 radical (unpaired) electrons. The smallest absolute Gasteiger partial charge is 0.122 e. The highest BCUT2D eigenvalue weighted by molar-refractivity contribution is 8.00. The first-order chi connectivity index (χ1) is 8.22. The quantitative estimate of drug-likeness (QED) is 0.896. The van der Waals surface area contributed by atoms with Gasteiger partial charge in [0.1, 0.15) is 5.76 Å². The maximum absolute atomic E-state index is 6.14. The van der Waals surface area contributed by atoms with Crippen LogP contribution in [-0.4, -0.2) is 35.0 Å². The van der Waals surface area contributed by atoms with Gasteiger partial charge in [0.05, 0.1) is 12.3 Å². The molecule has 96 valence electrons. The molecule has 0 saturated carbocycles. The minimum atomic E-state index is 0.0988. The molecule has 0 aliphatic carbocycles. The second-order valence-electron chi connectivity index (χ2n) is 4.72. The Balaban J connectivity index is 2.11. The fraction of sp³-hybridized carbons (Fsp3) is 0.692. The van der Waals surface area contributed by atoms with E-state index >= 15 is 0 Å². The van der Waals surface area contributed by atoms with E-state index < -0.39 is 0 Å². The normalized spacial score (nSPS) is 25.7. The van der Waals surface area contributed by atoms with Crippen LogP contribution in [0.1, 0.15) is 32.1 Å². The summed E-state index contributed by atoms with van der Waals surface area (Å²) in [5.74, 6) is 2.20. The van der Waals surface area contributed by atoms with Crippen LogP contribution in [0.25, 0.3) is 0 Å². The van der Waals surface area contributed by atoms with Gasteiger partial charge in [0.2, 0.25) is 0 Å². The molecule has 3 atom stereocenters. The standard InChI is InChI=1S/C13H22N2OS/c1-3-11-9-15(6-8-17-11)13(10(2)14)12-5-4-7-16-12/h4-5,7,10-11,13H,3,6,8-9,14H2,1-2H3. The van der Waals surface area contributed by atoms with Crippen LogP contribution in [-0.2, 0) is 0 Å². The fourth-order valence-corrected chi connectivity index (χ4v) is 3.68. The number of nitrogens with zero attached hydrogens (tertiary/aromatic N) is 1. The van der Waals surface area contributed by atoms with E-state index in [1.165, 1.54) is 12.2 Å². The summed E-state index contributed by atoms with van der Waals surface area (Å²) in [6.45, 7) is 6.55. The van der Waals surface area contributed by atoms with E-state index in [0.29, 0.717) is 0 Å². The van der Waals surface area contributed by atoms with E-state index in [9.17, 15) is 0 Å². The highest BCUT2D eigenvalue weighted by Gasteiger charge is 2.30.